The monoisotopic (exact) mass is 562 g/mol. The fourth-order valence-electron chi connectivity index (χ4n) is 4.46. The van der Waals surface area contributed by atoms with E-state index in [4.69, 9.17) is 14.2 Å². The molecule has 40 heavy (non-hydrogen) atoms. The zero-order valence-corrected chi connectivity index (χ0v) is 23.9. The molecule has 0 radical (unpaired) electrons. The van der Waals surface area contributed by atoms with Crippen molar-refractivity contribution in [3.05, 3.63) is 23.8 Å². The number of cyclic esters (lactones) is 2. The van der Waals surface area contributed by atoms with Crippen LogP contribution in [-0.4, -0.2) is 59.7 Å². The number of phenolic OH excluding ortho intramolecular Hbond substituents is 1. The summed E-state index contributed by atoms with van der Waals surface area (Å²) in [4.78, 5) is 63.2. The largest absolute Gasteiger partial charge is 0.505 e. The molecule has 1 aromatic carbocycles. The Morgan fingerprint density at radius 1 is 1.05 bits per heavy atom. The average Bonchev–Trinajstić information content (AvgIpc) is 2.94. The van der Waals surface area contributed by atoms with Gasteiger partial charge in [-0.2, -0.15) is 0 Å². The van der Waals surface area contributed by atoms with Crippen molar-refractivity contribution in [1.29, 1.82) is 0 Å². The van der Waals surface area contributed by atoms with Crippen LogP contribution in [0.3, 0.4) is 0 Å². The fraction of sp³-hybridized carbons (Fsp3) is 0.621. The molecule has 0 unspecified atom stereocenters. The number of hydrogen-bond acceptors (Lipinski definition) is 9. The number of anilines is 1. The van der Waals surface area contributed by atoms with Crippen molar-refractivity contribution >= 4 is 35.9 Å². The Morgan fingerprint density at radius 2 is 1.73 bits per heavy atom. The molecule has 0 aliphatic carbocycles. The van der Waals surface area contributed by atoms with Crippen LogP contribution >= 0.6 is 0 Å². The van der Waals surface area contributed by atoms with Gasteiger partial charge in [0.05, 0.1) is 23.1 Å². The molecule has 1 fully saturated rings. The molecule has 1 saturated heterocycles. The van der Waals surface area contributed by atoms with Crippen molar-refractivity contribution in [2.24, 2.45) is 11.8 Å². The Bertz CT molecular complexity index is 1040. The van der Waals surface area contributed by atoms with Crippen LogP contribution in [0, 0.1) is 11.8 Å². The Kier molecular flexibility index (Phi) is 12.9. The molecule has 6 atom stereocenters. The van der Waals surface area contributed by atoms with Crippen molar-refractivity contribution in [2.45, 2.75) is 104 Å². The molecule has 2 amide bonds. The normalized spacial score (nSPS) is 23.9. The Labute approximate surface area is 235 Å². The van der Waals surface area contributed by atoms with E-state index in [0.717, 1.165) is 25.7 Å². The van der Waals surface area contributed by atoms with E-state index < -0.39 is 65.8 Å². The highest BCUT2D eigenvalue weighted by molar-refractivity contribution is 6.01. The first kappa shape index (κ1) is 32.6. The van der Waals surface area contributed by atoms with Crippen LogP contribution in [0.4, 0.5) is 5.69 Å². The third kappa shape index (κ3) is 8.69. The van der Waals surface area contributed by atoms with E-state index in [1.807, 2.05) is 6.92 Å². The Morgan fingerprint density at radius 3 is 2.38 bits per heavy atom. The van der Waals surface area contributed by atoms with Gasteiger partial charge in [0.15, 0.2) is 17.9 Å². The molecule has 0 spiro atoms. The number of ether oxygens (including phenoxy) is 3. The number of benzene rings is 1. The minimum absolute atomic E-state index is 0.000496. The van der Waals surface area contributed by atoms with Gasteiger partial charge in [0.25, 0.3) is 5.91 Å². The molecule has 11 nitrogen and oxygen atoms in total. The number of amides is 2. The number of carbonyl (C=O) groups is 5. The molecule has 0 bridgehead atoms. The predicted octanol–water partition coefficient (Wildman–Crippen LogP) is 3.87. The molecule has 11 heteroatoms. The minimum Gasteiger partial charge on any atom is -0.505 e. The highest BCUT2D eigenvalue weighted by atomic mass is 16.6. The smallest absolute Gasteiger partial charge is 0.332 e. The van der Waals surface area contributed by atoms with E-state index in [2.05, 4.69) is 17.6 Å². The second-order valence-corrected chi connectivity index (χ2v) is 10.2. The molecule has 2 rings (SSSR count). The van der Waals surface area contributed by atoms with Crippen molar-refractivity contribution < 1.29 is 43.3 Å². The van der Waals surface area contributed by atoms with Crippen molar-refractivity contribution in [2.75, 3.05) is 5.32 Å². The van der Waals surface area contributed by atoms with Gasteiger partial charge in [0.2, 0.25) is 6.41 Å². The molecule has 1 aliphatic rings. The van der Waals surface area contributed by atoms with Gasteiger partial charge in [-0.1, -0.05) is 58.9 Å². The zero-order valence-electron chi connectivity index (χ0n) is 23.9. The van der Waals surface area contributed by atoms with Crippen LogP contribution in [0.1, 0.15) is 89.9 Å². The number of esters is 3. The highest BCUT2D eigenvalue weighted by Gasteiger charge is 2.44. The van der Waals surface area contributed by atoms with Gasteiger partial charge < -0.3 is 30.0 Å². The third-order valence-electron chi connectivity index (χ3n) is 7.16. The van der Waals surface area contributed by atoms with Crippen LogP contribution in [0.15, 0.2) is 18.2 Å². The van der Waals surface area contributed by atoms with Crippen molar-refractivity contribution in [3.8, 4) is 5.75 Å². The van der Waals surface area contributed by atoms with Gasteiger partial charge in [-0.25, -0.2) is 4.79 Å². The molecular formula is C29H42N2O9. The summed E-state index contributed by atoms with van der Waals surface area (Å²) in [5, 5.41) is 15.2. The van der Waals surface area contributed by atoms with E-state index in [0.29, 0.717) is 25.7 Å². The van der Waals surface area contributed by atoms with E-state index in [9.17, 15) is 29.1 Å². The Hall–Kier alpha value is -3.63. The van der Waals surface area contributed by atoms with Gasteiger partial charge in [0.1, 0.15) is 12.2 Å². The van der Waals surface area contributed by atoms with E-state index in [-0.39, 0.29) is 11.3 Å². The van der Waals surface area contributed by atoms with E-state index in [1.165, 1.54) is 25.1 Å². The molecule has 3 N–H and O–H groups in total. The first-order valence-electron chi connectivity index (χ1n) is 14.0. The lowest BCUT2D eigenvalue weighted by atomic mass is 9.91. The number of carbonyl (C=O) groups excluding carboxylic acids is 5. The number of rotatable bonds is 13. The summed E-state index contributed by atoms with van der Waals surface area (Å²) >= 11 is 0. The number of phenols is 1. The number of aromatic hydroxyl groups is 1. The summed E-state index contributed by atoms with van der Waals surface area (Å²) in [6.07, 6.45) is 2.75. The molecule has 1 aliphatic heterocycles. The van der Waals surface area contributed by atoms with Gasteiger partial charge >= 0.3 is 17.9 Å². The number of nitrogens with one attached hydrogen (secondary N) is 2. The standard InChI is InChI=1S/C29H42N2O9/c1-6-8-9-10-11-13-21-25(40-27(35)17(3)7-2)19(5)39-29(37)23(18(4)38-28(21)36)31-26(34)20-14-12-15-22(24(20)33)30-16-32/h12,14-19,21,23,25,33H,6-11,13H2,1-5H3,(H,30,32)(H,31,34)/t17-,18-,19+,21-,23+,25+/m1/s1. The van der Waals surface area contributed by atoms with Crippen LogP contribution in [0.5, 0.6) is 5.75 Å². The van der Waals surface area contributed by atoms with Crippen molar-refractivity contribution in [3.63, 3.8) is 0 Å². The van der Waals surface area contributed by atoms with Crippen LogP contribution in [-0.2, 0) is 33.4 Å². The maximum Gasteiger partial charge on any atom is 0.332 e. The summed E-state index contributed by atoms with van der Waals surface area (Å²) in [6.45, 7) is 8.65. The number of unbranched alkanes of at least 4 members (excludes halogenated alkanes) is 4. The summed E-state index contributed by atoms with van der Waals surface area (Å²) in [5.74, 6) is -4.69. The fourth-order valence-corrected chi connectivity index (χ4v) is 4.46. The second kappa shape index (κ2) is 15.8. The summed E-state index contributed by atoms with van der Waals surface area (Å²) in [5.41, 5.74) is -0.211. The first-order valence-corrected chi connectivity index (χ1v) is 14.0. The zero-order chi connectivity index (χ0) is 29.8. The predicted molar refractivity (Wildman–Crippen MR) is 146 cm³/mol. The molecular weight excluding hydrogens is 520 g/mol. The SMILES string of the molecule is CCCCCCC[C@H]1C(=O)O[C@H](C)[C@H](NC(=O)c2cccc(NC=O)c2O)C(=O)O[C@@H](C)[C@@H]1OC(=O)[C@H](C)CC. The molecule has 1 aromatic rings. The summed E-state index contributed by atoms with van der Waals surface area (Å²) in [7, 11) is 0. The maximum absolute atomic E-state index is 13.4. The highest BCUT2D eigenvalue weighted by Crippen LogP contribution is 2.29. The van der Waals surface area contributed by atoms with E-state index >= 15 is 0 Å². The third-order valence-corrected chi connectivity index (χ3v) is 7.16. The van der Waals surface area contributed by atoms with Crippen LogP contribution in [0.25, 0.3) is 0 Å². The van der Waals surface area contributed by atoms with Gasteiger partial charge in [-0.15, -0.1) is 0 Å². The van der Waals surface area contributed by atoms with Gasteiger partial charge in [0, 0.05) is 0 Å². The lowest BCUT2D eigenvalue weighted by Gasteiger charge is -2.30. The van der Waals surface area contributed by atoms with E-state index in [1.54, 1.807) is 13.8 Å². The van der Waals surface area contributed by atoms with Crippen LogP contribution in [0.2, 0.25) is 0 Å². The molecule has 0 saturated carbocycles. The topological polar surface area (TPSA) is 157 Å². The summed E-state index contributed by atoms with van der Waals surface area (Å²) < 4.78 is 17.1. The quantitative estimate of drug-likeness (QED) is 0.107. The first-order chi connectivity index (χ1) is 19.0. The molecule has 0 aromatic heterocycles. The Balaban J connectivity index is 2.33. The number of hydrogen-bond donors (Lipinski definition) is 3. The second-order valence-electron chi connectivity index (χ2n) is 10.2. The number of para-hydroxylation sites is 1. The minimum atomic E-state index is -1.42. The maximum atomic E-state index is 13.4. The molecule has 222 valence electrons. The molecule has 1 heterocycles. The summed E-state index contributed by atoms with van der Waals surface area (Å²) in [6, 6.07) is 2.72. The van der Waals surface area contributed by atoms with Crippen molar-refractivity contribution in [1.82, 2.24) is 5.32 Å². The van der Waals surface area contributed by atoms with Gasteiger partial charge in [-0.3, -0.25) is 19.2 Å². The average molecular weight is 563 g/mol. The lowest BCUT2D eigenvalue weighted by Crippen LogP contribution is -2.50. The lowest BCUT2D eigenvalue weighted by molar-refractivity contribution is -0.177. The van der Waals surface area contributed by atoms with Crippen LogP contribution < -0.4 is 10.6 Å². The van der Waals surface area contributed by atoms with Gasteiger partial charge in [-0.05, 0) is 38.8 Å².